The van der Waals surface area contributed by atoms with Crippen molar-refractivity contribution in [1.29, 1.82) is 5.41 Å². The molecule has 0 fully saturated rings. The van der Waals surface area contributed by atoms with Crippen LogP contribution in [0.2, 0.25) is 0 Å². The number of sulfonamides is 1. The van der Waals surface area contributed by atoms with Crippen LogP contribution < -0.4 is 10.9 Å². The summed E-state index contributed by atoms with van der Waals surface area (Å²) in [6.45, 7) is 1.51. The molecule has 0 spiro atoms. The number of amidine groups is 1. The molecule has 0 saturated carbocycles. The summed E-state index contributed by atoms with van der Waals surface area (Å²) in [6, 6.07) is 2.51. The SMILES string of the molecule is Cc1ccc(S(C)(=O)=O)c(S(N)(=O)=O)c1C(=N)N. The van der Waals surface area contributed by atoms with E-state index in [-0.39, 0.29) is 5.56 Å². The molecular formula is C9H13N3O4S2. The Balaban J connectivity index is 4.03. The van der Waals surface area contributed by atoms with Crippen LogP contribution in [0, 0.1) is 12.3 Å². The molecule has 0 aliphatic rings. The smallest absolute Gasteiger partial charge is 0.240 e. The maximum Gasteiger partial charge on any atom is 0.240 e. The van der Waals surface area contributed by atoms with Crippen LogP contribution in [0.5, 0.6) is 0 Å². The summed E-state index contributed by atoms with van der Waals surface area (Å²) in [5.41, 5.74) is 5.47. The molecule has 0 aliphatic carbocycles. The van der Waals surface area contributed by atoms with Crippen molar-refractivity contribution < 1.29 is 16.8 Å². The Kier molecular flexibility index (Phi) is 3.52. The molecule has 0 amide bonds. The van der Waals surface area contributed by atoms with Crippen molar-refractivity contribution in [1.82, 2.24) is 0 Å². The van der Waals surface area contributed by atoms with Crippen LogP contribution in [0.15, 0.2) is 21.9 Å². The van der Waals surface area contributed by atoms with Gasteiger partial charge < -0.3 is 5.73 Å². The van der Waals surface area contributed by atoms with E-state index < -0.39 is 35.5 Å². The Morgan fingerprint density at radius 3 is 2.06 bits per heavy atom. The quantitative estimate of drug-likeness (QED) is 0.499. The van der Waals surface area contributed by atoms with E-state index in [1.165, 1.54) is 13.0 Å². The fourth-order valence-electron chi connectivity index (χ4n) is 1.57. The van der Waals surface area contributed by atoms with Crippen molar-refractivity contribution >= 4 is 25.7 Å². The lowest BCUT2D eigenvalue weighted by atomic mass is 10.1. The number of hydrogen-bond donors (Lipinski definition) is 3. The van der Waals surface area contributed by atoms with Gasteiger partial charge in [0.25, 0.3) is 0 Å². The molecule has 0 bridgehead atoms. The summed E-state index contributed by atoms with van der Waals surface area (Å²) in [6.07, 6.45) is 0.857. The van der Waals surface area contributed by atoms with Gasteiger partial charge in [0.2, 0.25) is 10.0 Å². The van der Waals surface area contributed by atoms with Gasteiger partial charge in [0.1, 0.15) is 10.7 Å². The third-order valence-corrected chi connectivity index (χ3v) is 4.54. The summed E-state index contributed by atoms with van der Waals surface area (Å²) < 4.78 is 46.2. The van der Waals surface area contributed by atoms with Crippen LogP contribution in [-0.4, -0.2) is 28.9 Å². The highest BCUT2D eigenvalue weighted by Crippen LogP contribution is 2.26. The first-order valence-electron chi connectivity index (χ1n) is 4.67. The standard InChI is InChI=1S/C9H13N3O4S2/c1-5-3-4-6(17(2,13)14)8(18(12,15)16)7(5)9(10)11/h3-4H,1-2H3,(H3,10,11)(H2,12,15,16). The molecule has 9 heteroatoms. The summed E-state index contributed by atoms with van der Waals surface area (Å²) in [7, 11) is -8.12. The van der Waals surface area contributed by atoms with Crippen LogP contribution in [0.4, 0.5) is 0 Å². The first-order chi connectivity index (χ1) is 7.96. The fourth-order valence-corrected chi connectivity index (χ4v) is 4.03. The number of hydrogen-bond acceptors (Lipinski definition) is 5. The summed E-state index contributed by atoms with van der Waals surface area (Å²) >= 11 is 0. The number of sulfone groups is 1. The molecule has 1 aromatic carbocycles. The number of rotatable bonds is 3. The normalized spacial score (nSPS) is 12.4. The molecule has 1 aromatic rings. The minimum Gasteiger partial charge on any atom is -0.384 e. The van der Waals surface area contributed by atoms with Crippen molar-refractivity contribution in [3.05, 3.63) is 23.3 Å². The first kappa shape index (κ1) is 14.6. The molecule has 0 saturated heterocycles. The Labute approximate surface area is 105 Å². The molecule has 1 rings (SSSR count). The summed E-state index contributed by atoms with van der Waals surface area (Å²) in [4.78, 5) is -1.08. The monoisotopic (exact) mass is 291 g/mol. The van der Waals surface area contributed by atoms with E-state index in [1.807, 2.05) is 0 Å². The molecular weight excluding hydrogens is 278 g/mol. The van der Waals surface area contributed by atoms with Gasteiger partial charge in [-0.3, -0.25) is 5.41 Å². The Hall–Kier alpha value is -1.45. The second-order valence-corrected chi connectivity index (χ2v) is 7.30. The van der Waals surface area contributed by atoms with E-state index in [2.05, 4.69) is 0 Å². The Bertz CT molecular complexity index is 720. The van der Waals surface area contributed by atoms with E-state index in [0.717, 1.165) is 12.3 Å². The highest BCUT2D eigenvalue weighted by Gasteiger charge is 2.27. The average molecular weight is 291 g/mol. The van der Waals surface area contributed by atoms with Crippen molar-refractivity contribution in [2.75, 3.05) is 6.26 Å². The fraction of sp³-hybridized carbons (Fsp3) is 0.222. The Morgan fingerprint density at radius 2 is 1.72 bits per heavy atom. The molecule has 0 aliphatic heterocycles. The predicted octanol–water partition coefficient (Wildman–Crippen LogP) is -0.670. The van der Waals surface area contributed by atoms with Crippen molar-refractivity contribution in [3.63, 3.8) is 0 Å². The minimum atomic E-state index is -4.31. The summed E-state index contributed by atoms with van der Waals surface area (Å²) in [5.74, 6) is -0.554. The minimum absolute atomic E-state index is 0.180. The number of nitrogens with two attached hydrogens (primary N) is 2. The topological polar surface area (TPSA) is 144 Å². The third kappa shape index (κ3) is 2.68. The second-order valence-electron chi connectivity index (χ2n) is 3.82. The predicted molar refractivity (Wildman–Crippen MR) is 66.7 cm³/mol. The molecule has 0 atom stereocenters. The van der Waals surface area contributed by atoms with E-state index in [0.29, 0.717) is 5.56 Å². The molecule has 0 heterocycles. The molecule has 100 valence electrons. The number of primary sulfonamides is 1. The Morgan fingerprint density at radius 1 is 1.22 bits per heavy atom. The van der Waals surface area contributed by atoms with Gasteiger partial charge in [0, 0.05) is 11.8 Å². The second kappa shape index (κ2) is 4.34. The maximum atomic E-state index is 11.6. The van der Waals surface area contributed by atoms with Gasteiger partial charge in [0.05, 0.1) is 4.90 Å². The van der Waals surface area contributed by atoms with Gasteiger partial charge in [-0.25, -0.2) is 22.0 Å². The van der Waals surface area contributed by atoms with Crippen LogP contribution in [0.25, 0.3) is 0 Å². The molecule has 18 heavy (non-hydrogen) atoms. The van der Waals surface area contributed by atoms with Gasteiger partial charge in [0.15, 0.2) is 9.84 Å². The highest BCUT2D eigenvalue weighted by molar-refractivity contribution is 7.93. The largest absolute Gasteiger partial charge is 0.384 e. The first-order valence-corrected chi connectivity index (χ1v) is 8.11. The zero-order chi connectivity index (χ0) is 14.3. The van der Waals surface area contributed by atoms with E-state index in [9.17, 15) is 16.8 Å². The van der Waals surface area contributed by atoms with Crippen molar-refractivity contribution in [2.45, 2.75) is 16.7 Å². The number of aryl methyl sites for hydroxylation is 1. The molecule has 0 radical (unpaired) electrons. The van der Waals surface area contributed by atoms with E-state index in [1.54, 1.807) is 0 Å². The molecule has 0 unspecified atom stereocenters. The number of nitrogen functional groups attached to an aromatic ring is 1. The van der Waals surface area contributed by atoms with Gasteiger partial charge in [-0.15, -0.1) is 0 Å². The zero-order valence-corrected chi connectivity index (χ0v) is 11.4. The lowest BCUT2D eigenvalue weighted by Gasteiger charge is -2.13. The van der Waals surface area contributed by atoms with Crippen molar-refractivity contribution in [3.8, 4) is 0 Å². The van der Waals surface area contributed by atoms with Gasteiger partial charge in [-0.1, -0.05) is 6.07 Å². The average Bonchev–Trinajstić information content (AvgIpc) is 2.12. The maximum absolute atomic E-state index is 11.6. The lowest BCUT2D eigenvalue weighted by molar-refractivity contribution is 0.586. The lowest BCUT2D eigenvalue weighted by Crippen LogP contribution is -2.24. The van der Waals surface area contributed by atoms with Crippen LogP contribution in [-0.2, 0) is 19.9 Å². The number of benzene rings is 1. The van der Waals surface area contributed by atoms with E-state index >= 15 is 0 Å². The third-order valence-electron chi connectivity index (χ3n) is 2.28. The molecule has 0 aromatic heterocycles. The molecule has 5 N–H and O–H groups in total. The van der Waals surface area contributed by atoms with Gasteiger partial charge in [-0.05, 0) is 18.6 Å². The van der Waals surface area contributed by atoms with Crippen molar-refractivity contribution in [2.24, 2.45) is 10.9 Å². The van der Waals surface area contributed by atoms with Gasteiger partial charge in [-0.2, -0.15) is 0 Å². The highest BCUT2D eigenvalue weighted by atomic mass is 32.2. The van der Waals surface area contributed by atoms with Crippen LogP contribution in [0.3, 0.4) is 0 Å². The summed E-state index contributed by atoms with van der Waals surface area (Å²) in [5, 5.41) is 12.4. The molecule has 7 nitrogen and oxygen atoms in total. The van der Waals surface area contributed by atoms with Crippen LogP contribution in [0.1, 0.15) is 11.1 Å². The number of nitrogens with one attached hydrogen (secondary N) is 1. The van der Waals surface area contributed by atoms with E-state index in [4.69, 9.17) is 16.3 Å². The van der Waals surface area contributed by atoms with Crippen LogP contribution >= 0.6 is 0 Å². The zero-order valence-electron chi connectivity index (χ0n) is 9.76. The van der Waals surface area contributed by atoms with Gasteiger partial charge >= 0.3 is 0 Å².